The first-order valence-electron chi connectivity index (χ1n) is 16.0. The summed E-state index contributed by atoms with van der Waals surface area (Å²) in [4.78, 5) is 22.1. The van der Waals surface area contributed by atoms with Crippen molar-refractivity contribution in [1.29, 1.82) is 0 Å². The van der Waals surface area contributed by atoms with Gasteiger partial charge in [-0.3, -0.25) is 0 Å². The molecule has 0 fully saturated rings. The summed E-state index contributed by atoms with van der Waals surface area (Å²) < 4.78 is 14.8. The van der Waals surface area contributed by atoms with Crippen molar-refractivity contribution < 1.29 is 51.6 Å². The fourth-order valence-electron chi connectivity index (χ4n) is 6.01. The van der Waals surface area contributed by atoms with Crippen molar-refractivity contribution in [1.82, 2.24) is 29.5 Å². The van der Waals surface area contributed by atoms with E-state index in [-0.39, 0.29) is 42.1 Å². The van der Waals surface area contributed by atoms with Crippen LogP contribution in [0.2, 0.25) is 0 Å². The van der Waals surface area contributed by atoms with Gasteiger partial charge in [0.05, 0.1) is 0 Å². The molecule has 0 aliphatic rings. The van der Waals surface area contributed by atoms with E-state index in [4.69, 9.17) is 9.47 Å². The van der Waals surface area contributed by atoms with Crippen LogP contribution in [0.25, 0.3) is 50.3 Å². The Morgan fingerprint density at radius 2 is 1.04 bits per heavy atom. The number of hydrogen-bond acceptors (Lipinski definition) is 7. The van der Waals surface area contributed by atoms with Crippen molar-refractivity contribution in [3.05, 3.63) is 145 Å². The van der Waals surface area contributed by atoms with Crippen molar-refractivity contribution in [3.63, 3.8) is 0 Å². The molecule has 10 heteroatoms. The number of nitrogens with zero attached hydrogens (tertiary/aromatic N) is 6. The van der Waals surface area contributed by atoms with Gasteiger partial charge in [0, 0.05) is 35.4 Å². The van der Waals surface area contributed by atoms with Gasteiger partial charge in [0.2, 0.25) is 5.95 Å². The molecule has 8 aromatic rings. The Bertz CT molecular complexity index is 2270. The first kappa shape index (κ1) is 35.8. The first-order valence-corrected chi connectivity index (χ1v) is 16.0. The molecule has 4 aromatic carbocycles. The van der Waals surface area contributed by atoms with Gasteiger partial charge in [-0.25, -0.2) is 15.0 Å². The normalized spacial score (nSPS) is 10.8. The third-order valence-corrected chi connectivity index (χ3v) is 8.21. The summed E-state index contributed by atoms with van der Waals surface area (Å²) in [5.74, 6) is 2.65. The second-order valence-electron chi connectivity index (χ2n) is 11.2. The van der Waals surface area contributed by atoms with E-state index in [9.17, 15) is 0 Å². The first-order chi connectivity index (χ1) is 24.2. The Balaban J connectivity index is 0.00000224. The summed E-state index contributed by atoms with van der Waals surface area (Å²) in [6, 6.07) is 41.0. The summed E-state index contributed by atoms with van der Waals surface area (Å²) in [5, 5.41) is 2.08. The average molecular weight is 1030 g/mol. The van der Waals surface area contributed by atoms with Gasteiger partial charge < -0.3 is 24.0 Å². The van der Waals surface area contributed by atoms with Gasteiger partial charge in [-0.15, -0.1) is 71.8 Å². The van der Waals surface area contributed by atoms with E-state index in [1.807, 2.05) is 89.5 Å². The van der Waals surface area contributed by atoms with Gasteiger partial charge in [-0.05, 0) is 23.5 Å². The second kappa shape index (κ2) is 15.9. The maximum Gasteiger partial charge on any atom is 2.00 e. The molecule has 0 aliphatic heterocycles. The van der Waals surface area contributed by atoms with E-state index in [0.29, 0.717) is 28.9 Å². The third kappa shape index (κ3) is 7.26. The zero-order chi connectivity index (χ0) is 33.2. The number of hydrogen-bond donors (Lipinski definition) is 0. The van der Waals surface area contributed by atoms with Crippen LogP contribution in [0.5, 0.6) is 23.0 Å². The van der Waals surface area contributed by atoms with E-state index in [1.165, 1.54) is 12.7 Å². The number of fused-ring (bicyclic) bond motifs is 3. The summed E-state index contributed by atoms with van der Waals surface area (Å²) in [5.41, 5.74) is 7.03. The van der Waals surface area contributed by atoms with E-state index in [1.54, 1.807) is 12.4 Å². The molecule has 0 unspecified atom stereocenters. The standard InChI is InChI=1S/C41H28N6O2.2Pt/c1-3-27-19-33(48-31-13-9-11-29(21-31)35-15-5-7-17-43-35)23-37-39(27)40-28(4-2)20-34(24-38(40)47(37)41-45-25-42-26-46-41)49-32-14-10-12-30(22-32)36-16-6-8-18-44-36;;/h5-20,25-26H,3-4H2,1-2H3;;/q-4;2*+2. The Kier molecular flexibility index (Phi) is 11.1. The van der Waals surface area contributed by atoms with Gasteiger partial charge in [-0.2, -0.15) is 21.9 Å². The van der Waals surface area contributed by atoms with Crippen molar-refractivity contribution >= 4 is 21.8 Å². The third-order valence-electron chi connectivity index (χ3n) is 8.21. The van der Waals surface area contributed by atoms with Crippen LogP contribution in [0.15, 0.2) is 110 Å². The minimum absolute atomic E-state index is 0. The predicted molar refractivity (Wildman–Crippen MR) is 188 cm³/mol. The number of ether oxygens (including phenoxy) is 2. The Morgan fingerprint density at radius 1 is 0.549 bits per heavy atom. The maximum atomic E-state index is 6.44. The number of rotatable bonds is 9. The van der Waals surface area contributed by atoms with Crippen LogP contribution in [0, 0.1) is 24.3 Å². The van der Waals surface area contributed by atoms with Crippen LogP contribution in [-0.2, 0) is 55.0 Å². The topological polar surface area (TPSA) is 87.8 Å². The monoisotopic (exact) mass is 1030 g/mol. The van der Waals surface area contributed by atoms with Crippen molar-refractivity contribution in [2.24, 2.45) is 0 Å². The summed E-state index contributed by atoms with van der Waals surface area (Å²) in [6.07, 6.45) is 8.01. The zero-order valence-corrected chi connectivity index (χ0v) is 32.0. The fraction of sp³-hybridized carbons (Fsp3) is 0.0976. The number of pyridine rings is 2. The van der Waals surface area contributed by atoms with E-state index in [2.05, 4.69) is 63.0 Å². The molecule has 0 aliphatic carbocycles. The Morgan fingerprint density at radius 3 is 1.47 bits per heavy atom. The maximum absolute atomic E-state index is 6.44. The quantitative estimate of drug-likeness (QED) is 0.134. The van der Waals surface area contributed by atoms with Crippen molar-refractivity contribution in [2.75, 3.05) is 0 Å². The molecule has 0 amide bonds. The number of aryl methyl sites for hydroxylation is 2. The van der Waals surface area contributed by atoms with Crippen LogP contribution in [-0.4, -0.2) is 29.5 Å². The fourth-order valence-corrected chi connectivity index (χ4v) is 6.01. The van der Waals surface area contributed by atoms with Crippen LogP contribution in [0.1, 0.15) is 25.0 Å². The molecule has 0 N–H and O–H groups in total. The van der Waals surface area contributed by atoms with Crippen molar-refractivity contribution in [2.45, 2.75) is 26.7 Å². The van der Waals surface area contributed by atoms with Gasteiger partial charge in [-0.1, -0.05) is 74.1 Å². The van der Waals surface area contributed by atoms with Gasteiger partial charge >= 0.3 is 42.1 Å². The van der Waals surface area contributed by atoms with Crippen LogP contribution in [0.3, 0.4) is 0 Å². The molecule has 8 nitrogen and oxygen atoms in total. The molecule has 0 saturated heterocycles. The van der Waals surface area contributed by atoms with E-state index in [0.717, 1.165) is 68.3 Å². The van der Waals surface area contributed by atoms with Gasteiger partial charge in [0.15, 0.2) is 0 Å². The molecule has 8 rings (SSSR count). The summed E-state index contributed by atoms with van der Waals surface area (Å²) in [7, 11) is 0. The summed E-state index contributed by atoms with van der Waals surface area (Å²) in [6.45, 7) is 4.27. The van der Waals surface area contributed by atoms with Crippen LogP contribution >= 0.6 is 0 Å². The van der Waals surface area contributed by atoms with Gasteiger partial charge in [0.1, 0.15) is 12.7 Å². The molecular weight excluding hydrogens is 999 g/mol. The minimum Gasteiger partial charge on any atom is -0.503 e. The molecule has 51 heavy (non-hydrogen) atoms. The van der Waals surface area contributed by atoms with Crippen LogP contribution in [0.4, 0.5) is 0 Å². The van der Waals surface area contributed by atoms with Gasteiger partial charge in [0.25, 0.3) is 0 Å². The smallest absolute Gasteiger partial charge is 0.503 e. The zero-order valence-electron chi connectivity index (χ0n) is 27.4. The van der Waals surface area contributed by atoms with Crippen molar-refractivity contribution in [3.8, 4) is 51.5 Å². The Hall–Kier alpha value is -5.03. The number of aromatic nitrogens is 6. The molecule has 4 heterocycles. The molecule has 0 bridgehead atoms. The van der Waals surface area contributed by atoms with E-state index >= 15 is 0 Å². The molecule has 0 radical (unpaired) electrons. The SMILES string of the molecule is CCc1cc(Oc2[c-]c(-c3ccccn3)ccc2)[c-]c2c1c1c(CC)cc(Oc3[c-]c(-c4ccccn4)ccc3)[c-]c1n2-c1ncncn1.[Pt+2].[Pt+2]. The molecular formula is C41H28N6O2Pt2. The largest absolute Gasteiger partial charge is 2.00 e. The molecule has 0 saturated carbocycles. The Labute approximate surface area is 324 Å². The van der Waals surface area contributed by atoms with Crippen LogP contribution < -0.4 is 9.47 Å². The molecule has 254 valence electrons. The number of benzene rings is 4. The molecule has 0 atom stereocenters. The minimum atomic E-state index is 0. The predicted octanol–water partition coefficient (Wildman–Crippen LogP) is 9.00. The molecule has 0 spiro atoms. The van der Waals surface area contributed by atoms with E-state index < -0.39 is 0 Å². The summed E-state index contributed by atoms with van der Waals surface area (Å²) >= 11 is 0. The molecule has 4 aromatic heterocycles. The second-order valence-corrected chi connectivity index (χ2v) is 11.2. The average Bonchev–Trinajstić information content (AvgIpc) is 3.49.